The van der Waals surface area contributed by atoms with Crippen molar-refractivity contribution in [3.05, 3.63) is 35.9 Å². The highest BCUT2D eigenvalue weighted by Gasteiger charge is 2.35. The zero-order valence-electron chi connectivity index (χ0n) is 8.79. The molecule has 0 radical (unpaired) electrons. The van der Waals surface area contributed by atoms with E-state index in [1.54, 1.807) is 0 Å². The van der Waals surface area contributed by atoms with E-state index < -0.39 is 0 Å². The highest BCUT2D eigenvalue weighted by atomic mass is 16.5. The molecule has 2 atom stereocenters. The summed E-state index contributed by atoms with van der Waals surface area (Å²) in [7, 11) is 0. The Morgan fingerprint density at radius 3 is 2.71 bits per heavy atom. The molecule has 0 aliphatic carbocycles. The van der Waals surface area contributed by atoms with E-state index in [0.29, 0.717) is 6.04 Å². The van der Waals surface area contributed by atoms with E-state index in [-0.39, 0.29) is 5.72 Å². The van der Waals surface area contributed by atoms with Crippen molar-refractivity contribution < 1.29 is 4.74 Å². The van der Waals surface area contributed by atoms with Gasteiger partial charge < -0.3 is 4.74 Å². The minimum Gasteiger partial charge on any atom is -0.355 e. The molecule has 0 amide bonds. The summed E-state index contributed by atoms with van der Waals surface area (Å²) >= 11 is 0. The zero-order chi connectivity index (χ0) is 10.0. The lowest BCUT2D eigenvalue weighted by molar-refractivity contribution is 0.00235. The molecule has 2 rings (SSSR count). The van der Waals surface area contributed by atoms with Crippen LogP contribution in [0.2, 0.25) is 0 Å². The Kier molecular flexibility index (Phi) is 2.57. The molecule has 1 aliphatic heterocycles. The van der Waals surface area contributed by atoms with E-state index in [1.807, 2.05) is 18.2 Å². The Labute approximate surface area is 85.3 Å². The fourth-order valence-electron chi connectivity index (χ4n) is 1.88. The average Bonchev–Trinajstić information content (AvgIpc) is 2.63. The van der Waals surface area contributed by atoms with E-state index >= 15 is 0 Å². The summed E-state index contributed by atoms with van der Waals surface area (Å²) in [5, 5.41) is 3.51. The molecule has 2 unspecified atom stereocenters. The molecule has 0 bridgehead atoms. The normalized spacial score (nSPS) is 32.0. The van der Waals surface area contributed by atoms with Crippen molar-refractivity contribution >= 4 is 0 Å². The Morgan fingerprint density at radius 2 is 2.14 bits per heavy atom. The molecule has 1 N–H and O–H groups in total. The van der Waals surface area contributed by atoms with Crippen LogP contribution in [-0.2, 0) is 10.5 Å². The van der Waals surface area contributed by atoms with Crippen molar-refractivity contribution in [2.75, 3.05) is 6.61 Å². The van der Waals surface area contributed by atoms with E-state index in [0.717, 1.165) is 13.0 Å². The Bertz CT molecular complexity index is 298. The van der Waals surface area contributed by atoms with Crippen molar-refractivity contribution in [1.82, 2.24) is 5.32 Å². The third kappa shape index (κ3) is 1.68. The molecule has 2 nitrogen and oxygen atoms in total. The molecule has 1 aromatic carbocycles. The van der Waals surface area contributed by atoms with Gasteiger partial charge >= 0.3 is 0 Å². The van der Waals surface area contributed by atoms with Crippen LogP contribution in [0.1, 0.15) is 25.8 Å². The number of nitrogens with one attached hydrogen (secondary N) is 1. The number of rotatable bonds is 2. The van der Waals surface area contributed by atoms with Gasteiger partial charge in [-0.3, -0.25) is 5.32 Å². The van der Waals surface area contributed by atoms with Crippen LogP contribution in [0.4, 0.5) is 0 Å². The average molecular weight is 191 g/mol. The van der Waals surface area contributed by atoms with Gasteiger partial charge in [-0.1, -0.05) is 37.3 Å². The van der Waals surface area contributed by atoms with Crippen molar-refractivity contribution in [2.24, 2.45) is 0 Å². The summed E-state index contributed by atoms with van der Waals surface area (Å²) in [4.78, 5) is 0. The van der Waals surface area contributed by atoms with Gasteiger partial charge in [-0.15, -0.1) is 0 Å². The van der Waals surface area contributed by atoms with Crippen LogP contribution in [0.5, 0.6) is 0 Å². The van der Waals surface area contributed by atoms with Crippen LogP contribution < -0.4 is 5.32 Å². The second-order valence-electron chi connectivity index (χ2n) is 3.96. The molecular formula is C12H17NO. The lowest BCUT2D eigenvalue weighted by atomic mass is 10.0. The van der Waals surface area contributed by atoms with E-state index in [4.69, 9.17) is 4.74 Å². The maximum atomic E-state index is 5.82. The van der Waals surface area contributed by atoms with Gasteiger partial charge in [0.15, 0.2) is 0 Å². The number of ether oxygens (including phenoxy) is 1. The molecular weight excluding hydrogens is 174 g/mol. The predicted molar refractivity (Wildman–Crippen MR) is 57.0 cm³/mol. The first kappa shape index (κ1) is 9.69. The molecule has 1 saturated heterocycles. The SMILES string of the molecule is CCC1COC(C)(c2ccccc2)N1. The van der Waals surface area contributed by atoms with Crippen LogP contribution in [0.25, 0.3) is 0 Å². The number of benzene rings is 1. The molecule has 76 valence electrons. The quantitative estimate of drug-likeness (QED) is 0.774. The van der Waals surface area contributed by atoms with Gasteiger partial charge in [0.1, 0.15) is 5.72 Å². The molecule has 14 heavy (non-hydrogen) atoms. The Balaban J connectivity index is 2.19. The summed E-state index contributed by atoms with van der Waals surface area (Å²) < 4.78 is 5.82. The fraction of sp³-hybridized carbons (Fsp3) is 0.500. The van der Waals surface area contributed by atoms with Gasteiger partial charge in [-0.2, -0.15) is 0 Å². The highest BCUT2D eigenvalue weighted by Crippen LogP contribution is 2.27. The molecule has 1 fully saturated rings. The zero-order valence-corrected chi connectivity index (χ0v) is 8.79. The summed E-state index contributed by atoms with van der Waals surface area (Å²) in [5.74, 6) is 0. The Morgan fingerprint density at radius 1 is 1.43 bits per heavy atom. The number of hydrogen-bond acceptors (Lipinski definition) is 2. The second kappa shape index (κ2) is 3.71. The van der Waals surface area contributed by atoms with E-state index in [1.165, 1.54) is 5.56 Å². The van der Waals surface area contributed by atoms with Crippen molar-refractivity contribution in [3.8, 4) is 0 Å². The first-order valence-electron chi connectivity index (χ1n) is 5.22. The van der Waals surface area contributed by atoms with Gasteiger partial charge in [-0.05, 0) is 18.9 Å². The lowest BCUT2D eigenvalue weighted by Crippen LogP contribution is -2.38. The van der Waals surface area contributed by atoms with Gasteiger partial charge in [0.05, 0.1) is 6.61 Å². The van der Waals surface area contributed by atoms with E-state index in [9.17, 15) is 0 Å². The minimum absolute atomic E-state index is 0.290. The first-order valence-corrected chi connectivity index (χ1v) is 5.22. The van der Waals surface area contributed by atoms with Crippen LogP contribution in [0, 0.1) is 0 Å². The fourth-order valence-corrected chi connectivity index (χ4v) is 1.88. The largest absolute Gasteiger partial charge is 0.355 e. The molecule has 1 heterocycles. The first-order chi connectivity index (χ1) is 6.74. The molecule has 0 spiro atoms. The highest BCUT2D eigenvalue weighted by molar-refractivity contribution is 5.22. The summed E-state index contributed by atoms with van der Waals surface area (Å²) in [5.41, 5.74) is 0.915. The van der Waals surface area contributed by atoms with Crippen molar-refractivity contribution in [3.63, 3.8) is 0 Å². The van der Waals surface area contributed by atoms with Crippen molar-refractivity contribution in [2.45, 2.75) is 32.0 Å². The maximum absolute atomic E-state index is 5.82. The third-order valence-electron chi connectivity index (χ3n) is 2.87. The summed E-state index contributed by atoms with van der Waals surface area (Å²) in [6.07, 6.45) is 1.11. The van der Waals surface area contributed by atoms with Gasteiger partial charge in [0.2, 0.25) is 0 Å². The predicted octanol–water partition coefficient (Wildman–Crippen LogP) is 2.26. The van der Waals surface area contributed by atoms with Gasteiger partial charge in [0.25, 0.3) is 0 Å². The topological polar surface area (TPSA) is 21.3 Å². The molecule has 0 saturated carbocycles. The smallest absolute Gasteiger partial charge is 0.142 e. The number of hydrogen-bond donors (Lipinski definition) is 1. The molecule has 0 aromatic heterocycles. The van der Waals surface area contributed by atoms with Gasteiger partial charge in [-0.25, -0.2) is 0 Å². The van der Waals surface area contributed by atoms with E-state index in [2.05, 4.69) is 31.3 Å². The Hall–Kier alpha value is -0.860. The van der Waals surface area contributed by atoms with Gasteiger partial charge in [0, 0.05) is 6.04 Å². The van der Waals surface area contributed by atoms with Crippen LogP contribution in [0.15, 0.2) is 30.3 Å². The molecule has 1 aromatic rings. The standard InChI is InChI=1S/C12H17NO/c1-3-11-9-14-12(2,13-11)10-7-5-4-6-8-10/h4-8,11,13H,3,9H2,1-2H3. The summed E-state index contributed by atoms with van der Waals surface area (Å²) in [6, 6.07) is 10.8. The van der Waals surface area contributed by atoms with Crippen molar-refractivity contribution in [1.29, 1.82) is 0 Å². The van der Waals surface area contributed by atoms with Crippen LogP contribution in [0.3, 0.4) is 0 Å². The second-order valence-corrected chi connectivity index (χ2v) is 3.96. The van der Waals surface area contributed by atoms with Crippen LogP contribution >= 0.6 is 0 Å². The van der Waals surface area contributed by atoms with Crippen LogP contribution in [-0.4, -0.2) is 12.6 Å². The molecule has 2 heteroatoms. The monoisotopic (exact) mass is 191 g/mol. The lowest BCUT2D eigenvalue weighted by Gasteiger charge is -2.24. The molecule has 1 aliphatic rings. The maximum Gasteiger partial charge on any atom is 0.142 e. The minimum atomic E-state index is -0.290. The summed E-state index contributed by atoms with van der Waals surface area (Å²) in [6.45, 7) is 5.08. The third-order valence-corrected chi connectivity index (χ3v) is 2.87.